The van der Waals surface area contributed by atoms with Crippen molar-refractivity contribution < 1.29 is 0 Å². The van der Waals surface area contributed by atoms with Gasteiger partial charge in [0.2, 0.25) is 0 Å². The van der Waals surface area contributed by atoms with E-state index in [2.05, 4.69) is 22.1 Å². The molecule has 0 aromatic rings. The van der Waals surface area contributed by atoms with Crippen LogP contribution < -0.4 is 5.32 Å². The van der Waals surface area contributed by atoms with Crippen LogP contribution in [-0.4, -0.2) is 37.6 Å². The molecular formula is C12H22N2. The van der Waals surface area contributed by atoms with Crippen LogP contribution in [0.1, 0.15) is 32.6 Å². The predicted molar refractivity (Wildman–Crippen MR) is 61.2 cm³/mol. The van der Waals surface area contributed by atoms with Crippen molar-refractivity contribution in [2.24, 2.45) is 0 Å². The maximum atomic E-state index is 3.42. The number of nitrogens with zero attached hydrogens (tertiary/aromatic N) is 1. The molecular weight excluding hydrogens is 172 g/mol. The Morgan fingerprint density at radius 2 is 1.93 bits per heavy atom. The third-order valence-corrected chi connectivity index (χ3v) is 2.66. The summed E-state index contributed by atoms with van der Waals surface area (Å²) in [6.07, 6.45) is 5.19. The molecule has 0 spiro atoms. The second kappa shape index (κ2) is 7.84. The zero-order valence-corrected chi connectivity index (χ0v) is 9.31. The van der Waals surface area contributed by atoms with E-state index in [0.29, 0.717) is 0 Å². The van der Waals surface area contributed by atoms with Gasteiger partial charge in [-0.15, -0.1) is 11.8 Å². The highest BCUT2D eigenvalue weighted by Gasteiger charge is 2.08. The summed E-state index contributed by atoms with van der Waals surface area (Å²) in [5.41, 5.74) is 0. The Morgan fingerprint density at radius 3 is 2.64 bits per heavy atom. The summed E-state index contributed by atoms with van der Waals surface area (Å²) >= 11 is 0. The highest BCUT2D eigenvalue weighted by molar-refractivity contribution is 4.95. The molecule has 80 valence electrons. The fourth-order valence-corrected chi connectivity index (χ4v) is 1.82. The lowest BCUT2D eigenvalue weighted by Gasteiger charge is -2.26. The Kier molecular flexibility index (Phi) is 6.47. The van der Waals surface area contributed by atoms with Crippen LogP contribution >= 0.6 is 0 Å². The molecule has 0 aromatic heterocycles. The summed E-state index contributed by atoms with van der Waals surface area (Å²) in [4.78, 5) is 2.56. The maximum absolute atomic E-state index is 3.42. The molecule has 0 amide bonds. The van der Waals surface area contributed by atoms with Crippen LogP contribution in [0.25, 0.3) is 0 Å². The van der Waals surface area contributed by atoms with Crippen molar-refractivity contribution >= 4 is 0 Å². The van der Waals surface area contributed by atoms with Crippen molar-refractivity contribution in [3.63, 3.8) is 0 Å². The lowest BCUT2D eigenvalue weighted by molar-refractivity contribution is 0.229. The smallest absolute Gasteiger partial charge is 0.0214 e. The Balaban J connectivity index is 1.89. The number of piperidine rings is 1. The molecule has 1 aliphatic rings. The van der Waals surface area contributed by atoms with Crippen molar-refractivity contribution in [2.75, 3.05) is 32.7 Å². The quantitative estimate of drug-likeness (QED) is 0.527. The Morgan fingerprint density at radius 1 is 1.14 bits per heavy atom. The monoisotopic (exact) mass is 194 g/mol. The van der Waals surface area contributed by atoms with E-state index < -0.39 is 0 Å². The average molecular weight is 194 g/mol. The second-order valence-corrected chi connectivity index (χ2v) is 3.83. The molecule has 1 rings (SSSR count). The summed E-state index contributed by atoms with van der Waals surface area (Å²) in [5.74, 6) is 5.97. The van der Waals surface area contributed by atoms with E-state index in [1.165, 1.54) is 38.9 Å². The molecule has 2 heteroatoms. The molecule has 0 saturated carbocycles. The summed E-state index contributed by atoms with van der Waals surface area (Å²) in [7, 11) is 0. The molecule has 1 fully saturated rings. The number of nitrogens with one attached hydrogen (secondary N) is 1. The molecule has 0 aliphatic carbocycles. The SMILES string of the molecule is CC#CCCNCCN1CCCCC1. The Hall–Kier alpha value is -0.520. The van der Waals surface area contributed by atoms with Gasteiger partial charge in [-0.1, -0.05) is 6.42 Å². The van der Waals surface area contributed by atoms with Gasteiger partial charge in [0.25, 0.3) is 0 Å². The molecule has 1 N–H and O–H groups in total. The topological polar surface area (TPSA) is 15.3 Å². The van der Waals surface area contributed by atoms with Crippen LogP contribution in [0.15, 0.2) is 0 Å². The van der Waals surface area contributed by atoms with Crippen molar-refractivity contribution in [3.8, 4) is 11.8 Å². The first-order valence-electron chi connectivity index (χ1n) is 5.76. The molecule has 1 saturated heterocycles. The number of rotatable bonds is 5. The fraction of sp³-hybridized carbons (Fsp3) is 0.833. The molecule has 14 heavy (non-hydrogen) atoms. The minimum Gasteiger partial charge on any atom is -0.315 e. The second-order valence-electron chi connectivity index (χ2n) is 3.83. The number of hydrogen-bond donors (Lipinski definition) is 1. The van der Waals surface area contributed by atoms with Crippen LogP contribution in [0.5, 0.6) is 0 Å². The molecule has 1 aliphatic heterocycles. The lowest BCUT2D eigenvalue weighted by atomic mass is 10.1. The van der Waals surface area contributed by atoms with Crippen molar-refractivity contribution in [1.29, 1.82) is 0 Å². The maximum Gasteiger partial charge on any atom is 0.0214 e. The third-order valence-electron chi connectivity index (χ3n) is 2.66. The third kappa shape index (κ3) is 5.26. The van der Waals surface area contributed by atoms with Crippen molar-refractivity contribution in [2.45, 2.75) is 32.6 Å². The van der Waals surface area contributed by atoms with E-state index in [-0.39, 0.29) is 0 Å². The molecule has 0 atom stereocenters. The minimum atomic E-state index is 0.983. The summed E-state index contributed by atoms with van der Waals surface area (Å²) in [5, 5.41) is 3.42. The zero-order chi connectivity index (χ0) is 10.1. The molecule has 0 radical (unpaired) electrons. The first-order chi connectivity index (χ1) is 6.93. The van der Waals surface area contributed by atoms with Crippen LogP contribution in [-0.2, 0) is 0 Å². The molecule has 0 unspecified atom stereocenters. The predicted octanol–water partition coefficient (Wildman–Crippen LogP) is 1.48. The van der Waals surface area contributed by atoms with E-state index in [0.717, 1.165) is 19.5 Å². The molecule has 0 bridgehead atoms. The lowest BCUT2D eigenvalue weighted by Crippen LogP contribution is -2.36. The van der Waals surface area contributed by atoms with Gasteiger partial charge in [-0.2, -0.15) is 0 Å². The van der Waals surface area contributed by atoms with E-state index in [1.807, 2.05) is 6.92 Å². The number of hydrogen-bond acceptors (Lipinski definition) is 2. The highest BCUT2D eigenvalue weighted by atomic mass is 15.1. The van der Waals surface area contributed by atoms with Crippen molar-refractivity contribution in [3.05, 3.63) is 0 Å². The summed E-state index contributed by atoms with van der Waals surface area (Å²) < 4.78 is 0. The van der Waals surface area contributed by atoms with Crippen molar-refractivity contribution in [1.82, 2.24) is 10.2 Å². The normalized spacial score (nSPS) is 17.5. The first kappa shape index (κ1) is 11.6. The Bertz CT molecular complexity index is 184. The first-order valence-corrected chi connectivity index (χ1v) is 5.76. The largest absolute Gasteiger partial charge is 0.315 e. The molecule has 0 aromatic carbocycles. The van der Waals surface area contributed by atoms with Gasteiger partial charge < -0.3 is 10.2 Å². The van der Waals surface area contributed by atoms with E-state index in [4.69, 9.17) is 0 Å². The van der Waals surface area contributed by atoms with Gasteiger partial charge in [-0.25, -0.2) is 0 Å². The highest BCUT2D eigenvalue weighted by Crippen LogP contribution is 2.07. The average Bonchev–Trinajstić information content (AvgIpc) is 2.25. The number of likely N-dealkylation sites (tertiary alicyclic amines) is 1. The van der Waals surface area contributed by atoms with Gasteiger partial charge in [0.1, 0.15) is 0 Å². The van der Waals surface area contributed by atoms with Gasteiger partial charge in [-0.05, 0) is 32.9 Å². The minimum absolute atomic E-state index is 0.983. The van der Waals surface area contributed by atoms with Crippen LogP contribution in [0, 0.1) is 11.8 Å². The van der Waals surface area contributed by atoms with Gasteiger partial charge in [0, 0.05) is 26.1 Å². The van der Waals surface area contributed by atoms with Crippen LogP contribution in [0.3, 0.4) is 0 Å². The van der Waals surface area contributed by atoms with Gasteiger partial charge in [0.05, 0.1) is 0 Å². The van der Waals surface area contributed by atoms with Gasteiger partial charge in [0.15, 0.2) is 0 Å². The van der Waals surface area contributed by atoms with E-state index in [9.17, 15) is 0 Å². The Labute approximate surface area is 88.1 Å². The van der Waals surface area contributed by atoms with E-state index >= 15 is 0 Å². The fourth-order valence-electron chi connectivity index (χ4n) is 1.82. The summed E-state index contributed by atoms with van der Waals surface area (Å²) in [6.45, 7) is 7.86. The summed E-state index contributed by atoms with van der Waals surface area (Å²) in [6, 6.07) is 0. The molecule has 1 heterocycles. The molecule has 2 nitrogen and oxygen atoms in total. The van der Waals surface area contributed by atoms with Crippen LogP contribution in [0.2, 0.25) is 0 Å². The van der Waals surface area contributed by atoms with E-state index in [1.54, 1.807) is 0 Å². The standard InChI is InChI=1S/C12H22N2/c1-2-3-5-8-13-9-12-14-10-6-4-7-11-14/h13H,4-12H2,1H3. The van der Waals surface area contributed by atoms with Gasteiger partial charge >= 0.3 is 0 Å². The van der Waals surface area contributed by atoms with Crippen LogP contribution in [0.4, 0.5) is 0 Å². The zero-order valence-electron chi connectivity index (χ0n) is 9.31. The van der Waals surface area contributed by atoms with Gasteiger partial charge in [-0.3, -0.25) is 0 Å².